The van der Waals surface area contributed by atoms with Crippen LogP contribution in [0.5, 0.6) is 0 Å². The number of hydrogen-bond donors (Lipinski definition) is 1. The molecule has 1 aliphatic rings. The van der Waals surface area contributed by atoms with Crippen molar-refractivity contribution in [2.45, 2.75) is 52.3 Å². The molecule has 2 unspecified atom stereocenters. The molecule has 0 amide bonds. The molecule has 1 saturated heterocycles. The van der Waals surface area contributed by atoms with Crippen LogP contribution in [0.15, 0.2) is 0 Å². The third-order valence-electron chi connectivity index (χ3n) is 2.81. The van der Waals surface area contributed by atoms with E-state index in [0.717, 1.165) is 13.2 Å². The molecule has 0 radical (unpaired) electrons. The summed E-state index contributed by atoms with van der Waals surface area (Å²) in [5.41, 5.74) is 0. The van der Waals surface area contributed by atoms with Crippen LogP contribution < -0.4 is 5.32 Å². The van der Waals surface area contributed by atoms with E-state index in [1.54, 1.807) is 0 Å². The minimum atomic E-state index is 0.368. The number of hydrogen-bond acceptors (Lipinski definition) is 3. The highest BCUT2D eigenvalue weighted by Gasteiger charge is 2.23. The zero-order valence-electron chi connectivity index (χ0n) is 10.6. The van der Waals surface area contributed by atoms with Gasteiger partial charge in [-0.05, 0) is 26.8 Å². The SMILES string of the molecule is CCOC(C)CN1CCC(NC(C)C)C1. The molecule has 1 rings (SSSR count). The van der Waals surface area contributed by atoms with Crippen molar-refractivity contribution in [3.8, 4) is 0 Å². The van der Waals surface area contributed by atoms with Crippen LogP contribution in [0.2, 0.25) is 0 Å². The van der Waals surface area contributed by atoms with Crippen LogP contribution in [0.3, 0.4) is 0 Å². The lowest BCUT2D eigenvalue weighted by Crippen LogP contribution is -2.38. The Hall–Kier alpha value is -0.120. The summed E-state index contributed by atoms with van der Waals surface area (Å²) in [6.07, 6.45) is 1.64. The number of rotatable bonds is 6. The highest BCUT2D eigenvalue weighted by Crippen LogP contribution is 2.10. The van der Waals surface area contributed by atoms with E-state index in [1.807, 2.05) is 0 Å². The fourth-order valence-corrected chi connectivity index (χ4v) is 2.31. The van der Waals surface area contributed by atoms with Crippen LogP contribution in [-0.2, 0) is 4.74 Å². The van der Waals surface area contributed by atoms with Crippen LogP contribution in [0.1, 0.15) is 34.1 Å². The molecule has 0 aromatic carbocycles. The Morgan fingerprint density at radius 3 is 2.73 bits per heavy atom. The molecule has 2 atom stereocenters. The molecule has 3 heteroatoms. The maximum Gasteiger partial charge on any atom is 0.0673 e. The molecule has 15 heavy (non-hydrogen) atoms. The van der Waals surface area contributed by atoms with Gasteiger partial charge >= 0.3 is 0 Å². The average molecular weight is 214 g/mol. The van der Waals surface area contributed by atoms with E-state index in [9.17, 15) is 0 Å². The third-order valence-corrected chi connectivity index (χ3v) is 2.81. The predicted octanol–water partition coefficient (Wildman–Crippen LogP) is 1.48. The third kappa shape index (κ3) is 4.96. The van der Waals surface area contributed by atoms with Crippen LogP contribution in [0.4, 0.5) is 0 Å². The van der Waals surface area contributed by atoms with Crippen molar-refractivity contribution in [1.29, 1.82) is 0 Å². The van der Waals surface area contributed by atoms with E-state index in [1.165, 1.54) is 19.5 Å². The Morgan fingerprint density at radius 1 is 1.40 bits per heavy atom. The summed E-state index contributed by atoms with van der Waals surface area (Å²) in [6.45, 7) is 12.9. The van der Waals surface area contributed by atoms with Crippen molar-refractivity contribution < 1.29 is 4.74 Å². The highest BCUT2D eigenvalue weighted by atomic mass is 16.5. The first-order valence-corrected chi connectivity index (χ1v) is 6.21. The summed E-state index contributed by atoms with van der Waals surface area (Å²) in [6, 6.07) is 1.28. The van der Waals surface area contributed by atoms with E-state index in [0.29, 0.717) is 18.2 Å². The molecule has 0 saturated carbocycles. The van der Waals surface area contributed by atoms with Crippen molar-refractivity contribution in [3.63, 3.8) is 0 Å². The molecular formula is C12H26N2O. The van der Waals surface area contributed by atoms with Crippen molar-refractivity contribution in [3.05, 3.63) is 0 Å². The van der Waals surface area contributed by atoms with Gasteiger partial charge in [-0.15, -0.1) is 0 Å². The van der Waals surface area contributed by atoms with E-state index in [4.69, 9.17) is 4.74 Å². The molecule has 1 N–H and O–H groups in total. The summed E-state index contributed by atoms with van der Waals surface area (Å²) in [7, 11) is 0. The number of likely N-dealkylation sites (tertiary alicyclic amines) is 1. The van der Waals surface area contributed by atoms with Crippen molar-refractivity contribution in [2.24, 2.45) is 0 Å². The van der Waals surface area contributed by atoms with Crippen LogP contribution in [0, 0.1) is 0 Å². The van der Waals surface area contributed by atoms with Gasteiger partial charge in [-0.1, -0.05) is 13.8 Å². The van der Waals surface area contributed by atoms with Gasteiger partial charge in [0.25, 0.3) is 0 Å². The van der Waals surface area contributed by atoms with Crippen molar-refractivity contribution >= 4 is 0 Å². The second-order valence-electron chi connectivity index (χ2n) is 4.83. The lowest BCUT2D eigenvalue weighted by molar-refractivity contribution is 0.0510. The fourth-order valence-electron chi connectivity index (χ4n) is 2.31. The van der Waals surface area contributed by atoms with Gasteiger partial charge in [0.05, 0.1) is 6.10 Å². The van der Waals surface area contributed by atoms with E-state index < -0.39 is 0 Å². The zero-order chi connectivity index (χ0) is 11.3. The predicted molar refractivity (Wildman–Crippen MR) is 64.2 cm³/mol. The molecule has 0 spiro atoms. The average Bonchev–Trinajstić information content (AvgIpc) is 2.51. The fraction of sp³-hybridized carbons (Fsp3) is 1.00. The van der Waals surface area contributed by atoms with Gasteiger partial charge in [-0.3, -0.25) is 4.90 Å². The Kier molecular flexibility index (Phi) is 5.58. The normalized spacial score (nSPS) is 25.0. The second-order valence-corrected chi connectivity index (χ2v) is 4.83. The van der Waals surface area contributed by atoms with Gasteiger partial charge in [0.15, 0.2) is 0 Å². The van der Waals surface area contributed by atoms with Gasteiger partial charge in [0.2, 0.25) is 0 Å². The van der Waals surface area contributed by atoms with Crippen LogP contribution in [-0.4, -0.2) is 49.3 Å². The van der Waals surface area contributed by atoms with Crippen LogP contribution >= 0.6 is 0 Å². The Bertz CT molecular complexity index is 173. The van der Waals surface area contributed by atoms with Crippen LogP contribution in [0.25, 0.3) is 0 Å². The molecule has 1 heterocycles. The summed E-state index contributed by atoms with van der Waals surface area (Å²) in [4.78, 5) is 2.50. The van der Waals surface area contributed by atoms with Gasteiger partial charge < -0.3 is 10.1 Å². The molecule has 0 bridgehead atoms. The first-order valence-electron chi connectivity index (χ1n) is 6.21. The molecule has 90 valence electrons. The lowest BCUT2D eigenvalue weighted by atomic mass is 10.2. The molecule has 0 aromatic heterocycles. The zero-order valence-corrected chi connectivity index (χ0v) is 10.6. The second kappa shape index (κ2) is 6.46. The smallest absolute Gasteiger partial charge is 0.0673 e. The topological polar surface area (TPSA) is 24.5 Å². The summed E-state index contributed by atoms with van der Waals surface area (Å²) < 4.78 is 5.56. The number of nitrogens with zero attached hydrogens (tertiary/aromatic N) is 1. The van der Waals surface area contributed by atoms with Gasteiger partial charge in [-0.25, -0.2) is 0 Å². The van der Waals surface area contributed by atoms with Crippen molar-refractivity contribution in [1.82, 2.24) is 10.2 Å². The monoisotopic (exact) mass is 214 g/mol. The maximum atomic E-state index is 5.56. The maximum absolute atomic E-state index is 5.56. The van der Waals surface area contributed by atoms with Gasteiger partial charge in [-0.2, -0.15) is 0 Å². The van der Waals surface area contributed by atoms with E-state index in [-0.39, 0.29) is 0 Å². The standard InChI is InChI=1S/C12H26N2O/c1-5-15-11(4)8-14-7-6-12(9-14)13-10(2)3/h10-13H,5-9H2,1-4H3. The Labute approximate surface area is 94.2 Å². The summed E-state index contributed by atoms with van der Waals surface area (Å²) >= 11 is 0. The molecule has 3 nitrogen and oxygen atoms in total. The molecule has 0 aliphatic carbocycles. The quantitative estimate of drug-likeness (QED) is 0.725. The number of nitrogens with one attached hydrogen (secondary N) is 1. The largest absolute Gasteiger partial charge is 0.377 e. The Balaban J connectivity index is 2.18. The van der Waals surface area contributed by atoms with Gasteiger partial charge in [0.1, 0.15) is 0 Å². The van der Waals surface area contributed by atoms with Gasteiger partial charge in [0, 0.05) is 31.8 Å². The molecule has 1 aliphatic heterocycles. The Morgan fingerprint density at radius 2 is 2.13 bits per heavy atom. The molecule has 1 fully saturated rings. The van der Waals surface area contributed by atoms with E-state index >= 15 is 0 Å². The van der Waals surface area contributed by atoms with E-state index in [2.05, 4.69) is 37.9 Å². The minimum Gasteiger partial charge on any atom is -0.377 e. The summed E-state index contributed by atoms with van der Waals surface area (Å²) in [5.74, 6) is 0. The highest BCUT2D eigenvalue weighted by molar-refractivity contribution is 4.82. The first kappa shape index (κ1) is 12.9. The molecule has 0 aromatic rings. The summed E-state index contributed by atoms with van der Waals surface area (Å²) in [5, 5.41) is 3.59. The lowest BCUT2D eigenvalue weighted by Gasteiger charge is -2.21. The minimum absolute atomic E-state index is 0.368. The first-order chi connectivity index (χ1) is 7.11. The van der Waals surface area contributed by atoms with Crippen molar-refractivity contribution in [2.75, 3.05) is 26.2 Å². The molecular weight excluding hydrogens is 188 g/mol. The number of ether oxygens (including phenoxy) is 1.